The van der Waals surface area contributed by atoms with E-state index in [0.717, 1.165) is 42.2 Å². The third-order valence-corrected chi connectivity index (χ3v) is 6.00. The quantitative estimate of drug-likeness (QED) is 0.906. The number of hydrogen-bond acceptors (Lipinski definition) is 6. The molecule has 5 nitrogen and oxygen atoms in total. The first kappa shape index (κ1) is 14.0. The molecule has 2 saturated heterocycles. The first-order valence-corrected chi connectivity index (χ1v) is 9.34. The van der Waals surface area contributed by atoms with Crippen LogP contribution in [0.5, 0.6) is 0 Å². The highest BCUT2D eigenvalue weighted by Crippen LogP contribution is 2.36. The van der Waals surface area contributed by atoms with E-state index in [-0.39, 0.29) is 12.1 Å². The average molecular weight is 309 g/mol. The summed E-state index contributed by atoms with van der Waals surface area (Å²) in [6.45, 7) is 0.782. The summed E-state index contributed by atoms with van der Waals surface area (Å²) < 4.78 is 11.2. The third-order valence-electron chi connectivity index (χ3n) is 5.01. The van der Waals surface area contributed by atoms with Crippen LogP contribution >= 0.6 is 11.8 Å². The van der Waals surface area contributed by atoms with Gasteiger partial charge in [0, 0.05) is 17.5 Å². The van der Waals surface area contributed by atoms with Crippen LogP contribution in [0.1, 0.15) is 62.4 Å². The molecule has 0 aromatic carbocycles. The fourth-order valence-corrected chi connectivity index (χ4v) is 4.69. The lowest BCUT2D eigenvalue weighted by atomic mass is 9.78. The number of nitrogens with zero attached hydrogens (tertiary/aromatic N) is 2. The Hall–Kier alpha value is -0.590. The molecular weight excluding hydrogens is 286 g/mol. The topological polar surface area (TPSA) is 60.2 Å². The second-order valence-corrected chi connectivity index (χ2v) is 7.52. The first-order valence-electron chi connectivity index (χ1n) is 8.19. The summed E-state index contributed by atoms with van der Waals surface area (Å²) in [7, 11) is 0. The van der Waals surface area contributed by atoms with Gasteiger partial charge < -0.3 is 14.6 Å². The van der Waals surface area contributed by atoms with Crippen LogP contribution in [0.4, 0.5) is 0 Å². The van der Waals surface area contributed by atoms with Gasteiger partial charge in [0.15, 0.2) is 0 Å². The molecule has 21 heavy (non-hydrogen) atoms. The Morgan fingerprint density at radius 1 is 1.14 bits per heavy atom. The van der Waals surface area contributed by atoms with Crippen molar-refractivity contribution in [2.45, 2.75) is 56.7 Å². The molecule has 1 aliphatic carbocycles. The van der Waals surface area contributed by atoms with E-state index in [4.69, 9.17) is 9.26 Å². The second kappa shape index (κ2) is 6.26. The van der Waals surface area contributed by atoms with Gasteiger partial charge in [-0.05, 0) is 31.6 Å². The van der Waals surface area contributed by atoms with Crippen molar-refractivity contribution in [3.8, 4) is 0 Å². The molecular formula is C15H23N3O2S. The molecule has 4 rings (SSSR count). The predicted octanol–water partition coefficient (Wildman–Crippen LogP) is 2.86. The van der Waals surface area contributed by atoms with Gasteiger partial charge in [-0.15, -0.1) is 0 Å². The standard InChI is InChI=1S/C15H23N3O2S/c1-2-4-11-10(3-1)5-6-12(16-11)15-17-14(18-20-15)13-9-21-8-7-19-13/h10-13,16H,1-9H2. The molecule has 3 aliphatic rings. The zero-order chi connectivity index (χ0) is 14.1. The Morgan fingerprint density at radius 2 is 2.10 bits per heavy atom. The van der Waals surface area contributed by atoms with Gasteiger partial charge in [-0.1, -0.05) is 18.0 Å². The van der Waals surface area contributed by atoms with Crippen LogP contribution in [-0.2, 0) is 4.74 Å². The fraction of sp³-hybridized carbons (Fsp3) is 0.867. The number of rotatable bonds is 2. The molecule has 0 radical (unpaired) electrons. The van der Waals surface area contributed by atoms with Gasteiger partial charge in [-0.2, -0.15) is 16.7 Å². The van der Waals surface area contributed by atoms with Crippen molar-refractivity contribution in [3.63, 3.8) is 0 Å². The average Bonchev–Trinajstić information content (AvgIpc) is 3.05. The molecule has 1 N–H and O–H groups in total. The van der Waals surface area contributed by atoms with Gasteiger partial charge in [0.1, 0.15) is 6.10 Å². The highest BCUT2D eigenvalue weighted by Gasteiger charge is 2.35. The molecule has 1 saturated carbocycles. The van der Waals surface area contributed by atoms with Crippen molar-refractivity contribution >= 4 is 11.8 Å². The minimum absolute atomic E-state index is 0.00673. The van der Waals surface area contributed by atoms with E-state index in [1.165, 1.54) is 32.1 Å². The number of nitrogens with one attached hydrogen (secondary N) is 1. The van der Waals surface area contributed by atoms with Crippen LogP contribution in [-0.4, -0.2) is 34.3 Å². The Balaban J connectivity index is 1.43. The van der Waals surface area contributed by atoms with E-state index in [0.29, 0.717) is 6.04 Å². The molecule has 1 aromatic heterocycles. The maximum atomic E-state index is 5.72. The maximum Gasteiger partial charge on any atom is 0.243 e. The van der Waals surface area contributed by atoms with Crippen molar-refractivity contribution < 1.29 is 9.26 Å². The van der Waals surface area contributed by atoms with Gasteiger partial charge >= 0.3 is 0 Å². The Bertz CT molecular complexity index is 475. The molecule has 116 valence electrons. The molecule has 0 amide bonds. The summed E-state index contributed by atoms with van der Waals surface area (Å²) in [5, 5.41) is 7.90. The van der Waals surface area contributed by atoms with Crippen LogP contribution in [0.15, 0.2) is 4.52 Å². The number of aromatic nitrogens is 2. The number of thioether (sulfide) groups is 1. The predicted molar refractivity (Wildman–Crippen MR) is 81.2 cm³/mol. The summed E-state index contributed by atoms with van der Waals surface area (Å²) in [5.74, 6) is 4.34. The molecule has 3 heterocycles. The number of piperidine rings is 1. The van der Waals surface area contributed by atoms with Crippen molar-refractivity contribution in [3.05, 3.63) is 11.7 Å². The zero-order valence-corrected chi connectivity index (χ0v) is 13.1. The Kier molecular flexibility index (Phi) is 4.18. The molecule has 3 fully saturated rings. The van der Waals surface area contributed by atoms with Gasteiger partial charge in [0.25, 0.3) is 0 Å². The lowest BCUT2D eigenvalue weighted by Gasteiger charge is -2.39. The minimum Gasteiger partial charge on any atom is -0.368 e. The van der Waals surface area contributed by atoms with Gasteiger partial charge in [0.2, 0.25) is 11.7 Å². The lowest BCUT2D eigenvalue weighted by Crippen LogP contribution is -2.44. The van der Waals surface area contributed by atoms with Crippen LogP contribution in [0, 0.1) is 5.92 Å². The van der Waals surface area contributed by atoms with E-state index in [1.54, 1.807) is 0 Å². The van der Waals surface area contributed by atoms with E-state index in [1.807, 2.05) is 11.8 Å². The summed E-state index contributed by atoms with van der Waals surface area (Å²) in [6.07, 6.45) is 7.83. The Labute approximate surface area is 129 Å². The second-order valence-electron chi connectivity index (χ2n) is 6.37. The monoisotopic (exact) mass is 309 g/mol. The molecule has 0 bridgehead atoms. The SMILES string of the molecule is C1CCC2NC(c3nc(C4CSCCO4)no3)CCC2C1. The number of hydrogen-bond donors (Lipinski definition) is 1. The summed E-state index contributed by atoms with van der Waals surface area (Å²) in [6, 6.07) is 0.885. The van der Waals surface area contributed by atoms with Gasteiger partial charge in [0.05, 0.1) is 12.6 Å². The molecule has 4 unspecified atom stereocenters. The van der Waals surface area contributed by atoms with Crippen molar-refractivity contribution in [2.75, 3.05) is 18.1 Å². The zero-order valence-electron chi connectivity index (χ0n) is 12.3. The van der Waals surface area contributed by atoms with Crippen LogP contribution in [0.2, 0.25) is 0 Å². The Morgan fingerprint density at radius 3 is 3.00 bits per heavy atom. The van der Waals surface area contributed by atoms with Crippen molar-refractivity contribution in [1.82, 2.24) is 15.5 Å². The summed E-state index contributed by atoms with van der Waals surface area (Å²) in [4.78, 5) is 4.62. The minimum atomic E-state index is 0.00673. The molecule has 0 spiro atoms. The van der Waals surface area contributed by atoms with Crippen LogP contribution < -0.4 is 5.32 Å². The maximum absolute atomic E-state index is 5.72. The third kappa shape index (κ3) is 2.98. The van der Waals surface area contributed by atoms with E-state index in [2.05, 4.69) is 15.5 Å². The largest absolute Gasteiger partial charge is 0.368 e. The first-order chi connectivity index (χ1) is 10.4. The van der Waals surface area contributed by atoms with Gasteiger partial charge in [-0.3, -0.25) is 0 Å². The van der Waals surface area contributed by atoms with E-state index < -0.39 is 0 Å². The number of fused-ring (bicyclic) bond motifs is 1. The fourth-order valence-electron chi connectivity index (χ4n) is 3.85. The smallest absolute Gasteiger partial charge is 0.243 e. The van der Waals surface area contributed by atoms with E-state index in [9.17, 15) is 0 Å². The highest BCUT2D eigenvalue weighted by molar-refractivity contribution is 7.99. The highest BCUT2D eigenvalue weighted by atomic mass is 32.2. The molecule has 2 aliphatic heterocycles. The van der Waals surface area contributed by atoms with Crippen molar-refractivity contribution in [1.29, 1.82) is 0 Å². The number of ether oxygens (including phenoxy) is 1. The summed E-state index contributed by atoms with van der Waals surface area (Å²) in [5.41, 5.74) is 0. The van der Waals surface area contributed by atoms with Gasteiger partial charge in [-0.25, -0.2) is 0 Å². The summed E-state index contributed by atoms with van der Waals surface area (Å²) >= 11 is 1.90. The lowest BCUT2D eigenvalue weighted by molar-refractivity contribution is 0.0677. The van der Waals surface area contributed by atoms with Crippen LogP contribution in [0.25, 0.3) is 0 Å². The molecule has 1 aromatic rings. The molecule has 6 heteroatoms. The van der Waals surface area contributed by atoms with E-state index >= 15 is 0 Å². The van der Waals surface area contributed by atoms with Crippen LogP contribution in [0.3, 0.4) is 0 Å². The molecule has 4 atom stereocenters. The van der Waals surface area contributed by atoms with Crippen molar-refractivity contribution in [2.24, 2.45) is 5.92 Å². The normalized spacial score (nSPS) is 37.1.